The predicted octanol–water partition coefficient (Wildman–Crippen LogP) is 3.37. The Labute approximate surface area is 119 Å². The third kappa shape index (κ3) is 4.69. The highest BCUT2D eigenvalue weighted by Gasteiger charge is 2.06. The standard InChI is InChI=1S/C15H19ClN2O/c16-13-7-3-4-8-14(13)18-15(19)11-17-10-9-12-5-1-2-6-12/h3-5,7-8,17H,1-2,6,9-11H2,(H,18,19). The summed E-state index contributed by atoms with van der Waals surface area (Å²) in [7, 11) is 0. The van der Waals surface area contributed by atoms with Crippen LogP contribution < -0.4 is 10.6 Å². The Morgan fingerprint density at radius 2 is 2.16 bits per heavy atom. The molecule has 102 valence electrons. The zero-order valence-electron chi connectivity index (χ0n) is 10.9. The van der Waals surface area contributed by atoms with Gasteiger partial charge in [0, 0.05) is 0 Å². The molecule has 0 unspecified atom stereocenters. The normalized spacial score (nSPS) is 14.3. The van der Waals surface area contributed by atoms with E-state index in [0.717, 1.165) is 13.0 Å². The summed E-state index contributed by atoms with van der Waals surface area (Å²) in [6.07, 6.45) is 7.06. The van der Waals surface area contributed by atoms with Crippen LogP contribution in [0.25, 0.3) is 0 Å². The first kappa shape index (κ1) is 14.1. The summed E-state index contributed by atoms with van der Waals surface area (Å²) in [5, 5.41) is 6.51. The van der Waals surface area contributed by atoms with Gasteiger partial charge in [-0.15, -0.1) is 0 Å². The summed E-state index contributed by atoms with van der Waals surface area (Å²) < 4.78 is 0. The highest BCUT2D eigenvalue weighted by molar-refractivity contribution is 6.33. The van der Waals surface area contributed by atoms with Crippen LogP contribution in [0.4, 0.5) is 5.69 Å². The van der Waals surface area contributed by atoms with Gasteiger partial charge in [0.15, 0.2) is 0 Å². The van der Waals surface area contributed by atoms with E-state index in [-0.39, 0.29) is 5.91 Å². The first-order valence-corrected chi connectivity index (χ1v) is 7.06. The van der Waals surface area contributed by atoms with Crippen LogP contribution in [-0.4, -0.2) is 19.0 Å². The smallest absolute Gasteiger partial charge is 0.238 e. The van der Waals surface area contributed by atoms with Gasteiger partial charge >= 0.3 is 0 Å². The largest absolute Gasteiger partial charge is 0.324 e. The van der Waals surface area contributed by atoms with E-state index in [0.29, 0.717) is 17.3 Å². The maximum absolute atomic E-state index is 11.7. The number of para-hydroxylation sites is 1. The molecule has 0 saturated heterocycles. The predicted molar refractivity (Wildman–Crippen MR) is 79.5 cm³/mol. The maximum Gasteiger partial charge on any atom is 0.238 e. The van der Waals surface area contributed by atoms with E-state index in [9.17, 15) is 4.79 Å². The molecule has 2 N–H and O–H groups in total. The fourth-order valence-electron chi connectivity index (χ4n) is 2.17. The molecule has 0 spiro atoms. The lowest BCUT2D eigenvalue weighted by molar-refractivity contribution is -0.115. The lowest BCUT2D eigenvalue weighted by Gasteiger charge is -2.08. The average molecular weight is 279 g/mol. The van der Waals surface area contributed by atoms with Crippen molar-refractivity contribution >= 4 is 23.2 Å². The van der Waals surface area contributed by atoms with Gasteiger partial charge in [-0.1, -0.05) is 35.4 Å². The molecule has 0 heterocycles. The Hall–Kier alpha value is -1.32. The summed E-state index contributed by atoms with van der Waals surface area (Å²) in [5.74, 6) is -0.0616. The van der Waals surface area contributed by atoms with Gasteiger partial charge in [0.2, 0.25) is 5.91 Å². The van der Waals surface area contributed by atoms with E-state index >= 15 is 0 Å². The van der Waals surface area contributed by atoms with Crippen LogP contribution in [0, 0.1) is 0 Å². The molecular weight excluding hydrogens is 260 g/mol. The SMILES string of the molecule is O=C(CNCCC1=CCCC1)Nc1ccccc1Cl. The number of allylic oxidation sites excluding steroid dienone is 1. The number of nitrogens with one attached hydrogen (secondary N) is 2. The number of amides is 1. The zero-order chi connectivity index (χ0) is 13.5. The molecule has 1 aliphatic carbocycles. The molecule has 0 radical (unpaired) electrons. The fraction of sp³-hybridized carbons (Fsp3) is 0.400. The molecular formula is C15H19ClN2O. The van der Waals surface area contributed by atoms with Gasteiger partial charge in [0.05, 0.1) is 17.3 Å². The molecule has 4 heteroatoms. The van der Waals surface area contributed by atoms with Gasteiger partial charge in [-0.2, -0.15) is 0 Å². The van der Waals surface area contributed by atoms with Crippen molar-refractivity contribution in [2.45, 2.75) is 25.7 Å². The number of carbonyl (C=O) groups excluding carboxylic acids is 1. The molecule has 3 nitrogen and oxygen atoms in total. The Kier molecular flexibility index (Phi) is 5.43. The molecule has 0 aliphatic heterocycles. The van der Waals surface area contributed by atoms with Gasteiger partial charge in [-0.05, 0) is 44.4 Å². The number of benzene rings is 1. The average Bonchev–Trinajstić information content (AvgIpc) is 2.91. The number of carbonyl (C=O) groups is 1. The first-order valence-electron chi connectivity index (χ1n) is 6.69. The van der Waals surface area contributed by atoms with Crippen LogP contribution in [0.1, 0.15) is 25.7 Å². The summed E-state index contributed by atoms with van der Waals surface area (Å²) in [4.78, 5) is 11.7. The van der Waals surface area contributed by atoms with E-state index < -0.39 is 0 Å². The van der Waals surface area contributed by atoms with Gasteiger partial charge in [-0.3, -0.25) is 4.79 Å². The van der Waals surface area contributed by atoms with E-state index in [1.165, 1.54) is 24.8 Å². The van der Waals surface area contributed by atoms with Crippen molar-refractivity contribution in [3.63, 3.8) is 0 Å². The van der Waals surface area contributed by atoms with Crippen LogP contribution in [0.2, 0.25) is 5.02 Å². The molecule has 0 saturated carbocycles. The Balaban J connectivity index is 1.66. The highest BCUT2D eigenvalue weighted by atomic mass is 35.5. The van der Waals surface area contributed by atoms with Crippen LogP contribution in [0.3, 0.4) is 0 Å². The molecule has 2 rings (SSSR count). The second kappa shape index (κ2) is 7.31. The van der Waals surface area contributed by atoms with Crippen molar-refractivity contribution in [1.82, 2.24) is 5.32 Å². The summed E-state index contributed by atoms with van der Waals surface area (Å²) >= 11 is 5.97. The molecule has 0 aromatic heterocycles. The monoisotopic (exact) mass is 278 g/mol. The molecule has 0 bridgehead atoms. The van der Waals surface area contributed by atoms with Gasteiger partial charge in [0.1, 0.15) is 0 Å². The number of anilines is 1. The quantitative estimate of drug-likeness (QED) is 0.619. The molecule has 0 fully saturated rings. The number of hydrogen-bond acceptors (Lipinski definition) is 2. The lowest BCUT2D eigenvalue weighted by Crippen LogP contribution is -2.29. The maximum atomic E-state index is 11.7. The molecule has 19 heavy (non-hydrogen) atoms. The van der Waals surface area contributed by atoms with E-state index in [2.05, 4.69) is 16.7 Å². The van der Waals surface area contributed by atoms with E-state index in [4.69, 9.17) is 11.6 Å². The van der Waals surface area contributed by atoms with Crippen LogP contribution in [0.5, 0.6) is 0 Å². The van der Waals surface area contributed by atoms with Crippen molar-refractivity contribution in [3.05, 3.63) is 40.9 Å². The molecule has 1 aromatic rings. The molecule has 1 aliphatic rings. The second-order valence-corrected chi connectivity index (χ2v) is 5.12. The van der Waals surface area contributed by atoms with Gasteiger partial charge in [-0.25, -0.2) is 0 Å². The van der Waals surface area contributed by atoms with Crippen molar-refractivity contribution in [1.29, 1.82) is 0 Å². The minimum Gasteiger partial charge on any atom is -0.324 e. The molecule has 0 atom stereocenters. The van der Waals surface area contributed by atoms with Crippen molar-refractivity contribution in [2.24, 2.45) is 0 Å². The molecule has 1 amide bonds. The number of hydrogen-bond donors (Lipinski definition) is 2. The zero-order valence-corrected chi connectivity index (χ0v) is 11.7. The second-order valence-electron chi connectivity index (χ2n) is 4.71. The van der Waals surface area contributed by atoms with Gasteiger partial charge in [0.25, 0.3) is 0 Å². The van der Waals surface area contributed by atoms with Crippen molar-refractivity contribution in [2.75, 3.05) is 18.4 Å². The van der Waals surface area contributed by atoms with Gasteiger partial charge < -0.3 is 10.6 Å². The Bertz CT molecular complexity index is 471. The molecule has 1 aromatic carbocycles. The lowest BCUT2D eigenvalue weighted by atomic mass is 10.2. The summed E-state index contributed by atoms with van der Waals surface area (Å²) in [6.45, 7) is 1.17. The minimum absolute atomic E-state index is 0.0616. The van der Waals surface area contributed by atoms with Crippen molar-refractivity contribution in [3.8, 4) is 0 Å². The topological polar surface area (TPSA) is 41.1 Å². The highest BCUT2D eigenvalue weighted by Crippen LogP contribution is 2.20. The summed E-state index contributed by atoms with van der Waals surface area (Å²) in [6, 6.07) is 7.24. The third-order valence-electron chi connectivity index (χ3n) is 3.19. The van der Waals surface area contributed by atoms with E-state index in [1.807, 2.05) is 12.1 Å². The summed E-state index contributed by atoms with van der Waals surface area (Å²) in [5.41, 5.74) is 2.17. The van der Waals surface area contributed by atoms with Crippen LogP contribution >= 0.6 is 11.6 Å². The minimum atomic E-state index is -0.0616. The van der Waals surface area contributed by atoms with Crippen LogP contribution in [-0.2, 0) is 4.79 Å². The fourth-order valence-corrected chi connectivity index (χ4v) is 2.36. The van der Waals surface area contributed by atoms with Crippen LogP contribution in [0.15, 0.2) is 35.9 Å². The Morgan fingerprint density at radius 3 is 2.89 bits per heavy atom. The number of rotatable bonds is 6. The van der Waals surface area contributed by atoms with E-state index in [1.54, 1.807) is 12.1 Å². The first-order chi connectivity index (χ1) is 9.25. The Morgan fingerprint density at radius 1 is 1.32 bits per heavy atom. The van der Waals surface area contributed by atoms with Crippen molar-refractivity contribution < 1.29 is 4.79 Å². The third-order valence-corrected chi connectivity index (χ3v) is 3.52. The number of halogens is 1.